The van der Waals surface area contributed by atoms with E-state index in [1.54, 1.807) is 0 Å². The zero-order valence-corrected chi connectivity index (χ0v) is 24.2. The van der Waals surface area contributed by atoms with Gasteiger partial charge < -0.3 is 0 Å². The highest BCUT2D eigenvalue weighted by Crippen LogP contribution is 2.46. The minimum absolute atomic E-state index is 1.25. The van der Waals surface area contributed by atoms with Crippen molar-refractivity contribution in [1.29, 1.82) is 0 Å². The Hall–Kier alpha value is -5.72. The lowest BCUT2D eigenvalue weighted by atomic mass is 9.83. The molecule has 44 heavy (non-hydrogen) atoms. The van der Waals surface area contributed by atoms with E-state index in [9.17, 15) is 0 Å². The van der Waals surface area contributed by atoms with Gasteiger partial charge >= 0.3 is 0 Å². The zero-order valence-electron chi connectivity index (χ0n) is 24.2. The molecule has 0 aliphatic rings. The molecule has 0 saturated carbocycles. The Kier molecular flexibility index (Phi) is 5.61. The number of rotatable bonds is 3. The molecular weight excluding hydrogens is 528 g/mol. The van der Waals surface area contributed by atoms with Crippen LogP contribution in [0.5, 0.6) is 0 Å². The molecule has 0 radical (unpaired) electrons. The van der Waals surface area contributed by atoms with Crippen LogP contribution < -0.4 is 0 Å². The topological polar surface area (TPSA) is 0 Å². The summed E-state index contributed by atoms with van der Waals surface area (Å²) in [6.45, 7) is 0. The van der Waals surface area contributed by atoms with Gasteiger partial charge in [0.15, 0.2) is 0 Å². The summed E-state index contributed by atoms with van der Waals surface area (Å²) in [7, 11) is 0. The highest BCUT2D eigenvalue weighted by molar-refractivity contribution is 6.17. The Labute approximate surface area is 256 Å². The first-order valence-corrected chi connectivity index (χ1v) is 15.3. The number of benzene rings is 9. The van der Waals surface area contributed by atoms with Gasteiger partial charge in [0.1, 0.15) is 0 Å². The monoisotopic (exact) mass is 556 g/mol. The van der Waals surface area contributed by atoms with Gasteiger partial charge in [0.05, 0.1) is 0 Å². The van der Waals surface area contributed by atoms with Crippen LogP contribution in [0.1, 0.15) is 0 Å². The van der Waals surface area contributed by atoms with Gasteiger partial charge in [-0.05, 0) is 99.4 Å². The summed E-state index contributed by atoms with van der Waals surface area (Å²) >= 11 is 0. The van der Waals surface area contributed by atoms with Gasteiger partial charge in [-0.3, -0.25) is 0 Å². The molecule has 9 aromatic carbocycles. The van der Waals surface area contributed by atoms with Gasteiger partial charge in [-0.2, -0.15) is 0 Å². The Morgan fingerprint density at radius 2 is 0.682 bits per heavy atom. The maximum Gasteiger partial charge on any atom is -0.00201 e. The van der Waals surface area contributed by atoms with Crippen LogP contribution in [0.2, 0.25) is 0 Å². The maximum atomic E-state index is 2.37. The third-order valence-corrected chi connectivity index (χ3v) is 9.24. The largest absolute Gasteiger partial charge is 0.0616 e. The fourth-order valence-corrected chi connectivity index (χ4v) is 7.21. The minimum atomic E-state index is 1.25. The van der Waals surface area contributed by atoms with Crippen LogP contribution in [0.15, 0.2) is 170 Å². The normalized spacial score (nSPS) is 11.6. The van der Waals surface area contributed by atoms with E-state index < -0.39 is 0 Å². The molecule has 9 aromatic rings. The first-order chi connectivity index (χ1) is 21.8. The summed E-state index contributed by atoms with van der Waals surface area (Å²) in [5.74, 6) is 0. The molecule has 0 saturated heterocycles. The Balaban J connectivity index is 1.43. The molecular formula is C44H28. The molecule has 0 aliphatic carbocycles. The van der Waals surface area contributed by atoms with E-state index in [1.807, 2.05) is 0 Å². The standard InChI is InChI=1S/C44H28/c1-2-14-32-28-43-33(27-31(32)13-1)16-8-20-38(43)41-24-10-23-40(37-19-7-15-29-11-3-5-17-34(29)37)44(41)42-22-9-21-36-35-18-6-4-12-30(35)25-26-39(36)42/h1-28H. The van der Waals surface area contributed by atoms with Crippen LogP contribution >= 0.6 is 0 Å². The first kappa shape index (κ1) is 24.8. The SMILES string of the molecule is c1cc(-c2cccc3ccccc23)c(-c2cccc3c2ccc2ccccc23)c(-c2cccc3cc4ccccc4cc23)c1. The second-order valence-corrected chi connectivity index (χ2v) is 11.7. The molecule has 0 spiro atoms. The predicted octanol–water partition coefficient (Wildman–Crippen LogP) is 12.5. The Morgan fingerprint density at radius 3 is 1.45 bits per heavy atom. The van der Waals surface area contributed by atoms with E-state index >= 15 is 0 Å². The Bertz CT molecular complexity index is 2550. The number of hydrogen-bond acceptors (Lipinski definition) is 0. The van der Waals surface area contributed by atoms with Crippen molar-refractivity contribution in [3.05, 3.63) is 170 Å². The van der Waals surface area contributed by atoms with Crippen molar-refractivity contribution in [2.75, 3.05) is 0 Å². The Morgan fingerprint density at radius 1 is 0.205 bits per heavy atom. The van der Waals surface area contributed by atoms with Crippen molar-refractivity contribution in [2.45, 2.75) is 0 Å². The quantitative estimate of drug-likeness (QED) is 0.150. The second-order valence-electron chi connectivity index (χ2n) is 11.7. The average Bonchev–Trinajstić information content (AvgIpc) is 3.09. The minimum Gasteiger partial charge on any atom is -0.0616 e. The fourth-order valence-electron chi connectivity index (χ4n) is 7.21. The molecule has 0 aliphatic heterocycles. The summed E-state index contributed by atoms with van der Waals surface area (Å²) in [6, 6.07) is 62.5. The third-order valence-electron chi connectivity index (χ3n) is 9.24. The predicted molar refractivity (Wildman–Crippen MR) is 190 cm³/mol. The summed E-state index contributed by atoms with van der Waals surface area (Å²) in [4.78, 5) is 0. The van der Waals surface area contributed by atoms with Crippen molar-refractivity contribution in [1.82, 2.24) is 0 Å². The van der Waals surface area contributed by atoms with Crippen molar-refractivity contribution >= 4 is 53.9 Å². The number of hydrogen-bond donors (Lipinski definition) is 0. The third kappa shape index (κ3) is 3.85. The summed E-state index contributed by atoms with van der Waals surface area (Å²) in [5.41, 5.74) is 7.52. The average molecular weight is 557 g/mol. The molecule has 0 nitrogen and oxygen atoms in total. The van der Waals surface area contributed by atoms with Crippen LogP contribution in [0.25, 0.3) is 87.2 Å². The van der Waals surface area contributed by atoms with Gasteiger partial charge in [0, 0.05) is 0 Å². The maximum absolute atomic E-state index is 2.37. The molecule has 0 bridgehead atoms. The van der Waals surface area contributed by atoms with E-state index in [2.05, 4.69) is 170 Å². The van der Waals surface area contributed by atoms with Crippen molar-refractivity contribution in [2.24, 2.45) is 0 Å². The molecule has 0 aromatic heterocycles. The van der Waals surface area contributed by atoms with E-state index in [4.69, 9.17) is 0 Å². The van der Waals surface area contributed by atoms with Crippen LogP contribution in [0, 0.1) is 0 Å². The van der Waals surface area contributed by atoms with Crippen LogP contribution in [0.4, 0.5) is 0 Å². The van der Waals surface area contributed by atoms with Gasteiger partial charge in [0.2, 0.25) is 0 Å². The van der Waals surface area contributed by atoms with Crippen molar-refractivity contribution in [3.8, 4) is 33.4 Å². The van der Waals surface area contributed by atoms with Gasteiger partial charge in [-0.1, -0.05) is 158 Å². The van der Waals surface area contributed by atoms with E-state index in [0.717, 1.165) is 0 Å². The molecule has 0 amide bonds. The molecule has 0 heteroatoms. The second kappa shape index (κ2) is 9.93. The van der Waals surface area contributed by atoms with Crippen LogP contribution in [0.3, 0.4) is 0 Å². The highest BCUT2D eigenvalue weighted by Gasteiger charge is 2.19. The molecule has 204 valence electrons. The van der Waals surface area contributed by atoms with E-state index in [0.29, 0.717) is 0 Å². The van der Waals surface area contributed by atoms with Gasteiger partial charge in [-0.15, -0.1) is 0 Å². The van der Waals surface area contributed by atoms with Crippen LogP contribution in [-0.2, 0) is 0 Å². The zero-order chi connectivity index (χ0) is 29.0. The highest BCUT2D eigenvalue weighted by atomic mass is 14.2. The lowest BCUT2D eigenvalue weighted by molar-refractivity contribution is 1.60. The lowest BCUT2D eigenvalue weighted by Crippen LogP contribution is -1.93. The number of fused-ring (bicyclic) bond motifs is 6. The van der Waals surface area contributed by atoms with Crippen LogP contribution in [-0.4, -0.2) is 0 Å². The smallest absolute Gasteiger partial charge is 0.00201 e. The van der Waals surface area contributed by atoms with Gasteiger partial charge in [0.25, 0.3) is 0 Å². The molecule has 9 rings (SSSR count). The van der Waals surface area contributed by atoms with Crippen molar-refractivity contribution in [3.63, 3.8) is 0 Å². The summed E-state index contributed by atoms with van der Waals surface area (Å²) < 4.78 is 0. The first-order valence-electron chi connectivity index (χ1n) is 15.3. The van der Waals surface area contributed by atoms with Crippen molar-refractivity contribution < 1.29 is 0 Å². The molecule has 0 heterocycles. The molecule has 0 fully saturated rings. The van der Waals surface area contributed by atoms with E-state index in [-0.39, 0.29) is 0 Å². The van der Waals surface area contributed by atoms with Gasteiger partial charge in [-0.25, -0.2) is 0 Å². The summed E-state index contributed by atoms with van der Waals surface area (Å²) in [5, 5.41) is 12.7. The summed E-state index contributed by atoms with van der Waals surface area (Å²) in [6.07, 6.45) is 0. The van der Waals surface area contributed by atoms with E-state index in [1.165, 1.54) is 87.2 Å². The fraction of sp³-hybridized carbons (Fsp3) is 0. The lowest BCUT2D eigenvalue weighted by Gasteiger charge is -2.20. The molecule has 0 unspecified atom stereocenters. The molecule has 0 atom stereocenters. The molecule has 0 N–H and O–H groups in total.